The molecule has 0 aliphatic carbocycles. The Hall–Kier alpha value is -1.82. The van der Waals surface area contributed by atoms with E-state index in [0.29, 0.717) is 5.69 Å². The van der Waals surface area contributed by atoms with Crippen molar-refractivity contribution in [2.75, 3.05) is 10.5 Å². The Balaban J connectivity index is 2.00. The molecule has 1 aromatic heterocycles. The lowest BCUT2D eigenvalue weighted by Gasteiger charge is -2.11. The monoisotopic (exact) mass is 305 g/mol. The average Bonchev–Trinajstić information content (AvgIpc) is 2.91. The fraction of sp³-hybridized carbons (Fsp3) is 0.400. The summed E-state index contributed by atoms with van der Waals surface area (Å²) in [7, 11) is -3.29. The van der Waals surface area contributed by atoms with E-state index in [0.717, 1.165) is 30.0 Å². The summed E-state index contributed by atoms with van der Waals surface area (Å²) in [5.74, 6) is 1.14. The molecule has 1 aliphatic heterocycles. The minimum absolute atomic E-state index is 0.0566. The number of anilines is 1. The van der Waals surface area contributed by atoms with Crippen molar-refractivity contribution in [2.45, 2.75) is 32.7 Å². The van der Waals surface area contributed by atoms with Crippen molar-refractivity contribution < 1.29 is 8.42 Å². The third-order valence-corrected chi connectivity index (χ3v) is 5.05. The van der Waals surface area contributed by atoms with Crippen LogP contribution in [-0.2, 0) is 23.0 Å². The molecule has 3 rings (SSSR count). The topological polar surface area (TPSA) is 64.0 Å². The molecule has 0 bridgehead atoms. The maximum absolute atomic E-state index is 11.8. The number of fused-ring (bicyclic) bond motifs is 1. The maximum atomic E-state index is 11.8. The highest BCUT2D eigenvalue weighted by molar-refractivity contribution is 7.92. The molecule has 0 spiro atoms. The van der Waals surface area contributed by atoms with Gasteiger partial charge in [-0.15, -0.1) is 0 Å². The van der Waals surface area contributed by atoms with E-state index in [-0.39, 0.29) is 5.75 Å². The molecule has 0 saturated heterocycles. The van der Waals surface area contributed by atoms with Crippen molar-refractivity contribution in [3.05, 3.63) is 36.3 Å². The van der Waals surface area contributed by atoms with Gasteiger partial charge in [0.1, 0.15) is 5.82 Å². The number of hydrogen-bond acceptors (Lipinski definition) is 3. The molecule has 0 fully saturated rings. The van der Waals surface area contributed by atoms with Crippen molar-refractivity contribution in [1.29, 1.82) is 0 Å². The van der Waals surface area contributed by atoms with Crippen molar-refractivity contribution in [3.63, 3.8) is 0 Å². The second kappa shape index (κ2) is 5.52. The summed E-state index contributed by atoms with van der Waals surface area (Å²) in [4.78, 5) is 4.67. The van der Waals surface area contributed by atoms with E-state index in [2.05, 4.69) is 14.3 Å². The highest BCUT2D eigenvalue weighted by Gasteiger charge is 2.16. The summed E-state index contributed by atoms with van der Waals surface area (Å²) in [5.41, 5.74) is 2.26. The van der Waals surface area contributed by atoms with Gasteiger partial charge in [-0.2, -0.15) is 0 Å². The number of hydrogen-bond donors (Lipinski definition) is 1. The average molecular weight is 305 g/mol. The van der Waals surface area contributed by atoms with Gasteiger partial charge in [0.15, 0.2) is 0 Å². The molecule has 5 nitrogen and oxygen atoms in total. The molecule has 0 saturated carbocycles. The first-order valence-electron chi connectivity index (χ1n) is 7.25. The van der Waals surface area contributed by atoms with Crippen LogP contribution in [-0.4, -0.2) is 23.7 Å². The normalized spacial score (nSPS) is 14.7. The Morgan fingerprint density at radius 2 is 2.10 bits per heavy atom. The van der Waals surface area contributed by atoms with Gasteiger partial charge in [-0.1, -0.05) is 18.2 Å². The summed E-state index contributed by atoms with van der Waals surface area (Å²) in [6.07, 6.45) is 5.35. The molecule has 112 valence electrons. The zero-order chi connectivity index (χ0) is 14.9. The number of para-hydroxylation sites is 1. The van der Waals surface area contributed by atoms with E-state index >= 15 is 0 Å². The SMILES string of the molecule is CCS(=O)(=O)Nc1ccccc1-c1cn2c(n1)CCCC2. The Kier molecular flexibility index (Phi) is 3.71. The quantitative estimate of drug-likeness (QED) is 0.944. The fourth-order valence-corrected chi connectivity index (χ4v) is 3.23. The molecule has 0 unspecified atom stereocenters. The standard InChI is InChI=1S/C15H19N3O2S/c1-2-21(19,20)17-13-8-4-3-7-12(13)14-11-18-10-6-5-9-15(18)16-14/h3-4,7-8,11,17H,2,5-6,9-10H2,1H3. The number of imidazole rings is 1. The second-order valence-electron chi connectivity index (χ2n) is 5.24. The van der Waals surface area contributed by atoms with Crippen LogP contribution in [0, 0.1) is 0 Å². The van der Waals surface area contributed by atoms with Crippen LogP contribution in [0.15, 0.2) is 30.5 Å². The molecule has 2 heterocycles. The number of sulfonamides is 1. The maximum Gasteiger partial charge on any atom is 0.232 e. The highest BCUT2D eigenvalue weighted by atomic mass is 32.2. The summed E-state index contributed by atoms with van der Waals surface area (Å²) in [6.45, 7) is 2.62. The van der Waals surface area contributed by atoms with Crippen LogP contribution in [0.3, 0.4) is 0 Å². The van der Waals surface area contributed by atoms with E-state index in [4.69, 9.17) is 0 Å². The van der Waals surface area contributed by atoms with Crippen LogP contribution in [0.4, 0.5) is 5.69 Å². The van der Waals surface area contributed by atoms with E-state index in [9.17, 15) is 8.42 Å². The van der Waals surface area contributed by atoms with Gasteiger partial charge in [0.2, 0.25) is 10.0 Å². The molecule has 0 amide bonds. The fourth-order valence-electron chi connectivity index (χ4n) is 2.58. The number of nitrogens with one attached hydrogen (secondary N) is 1. The summed E-state index contributed by atoms with van der Waals surface area (Å²) >= 11 is 0. The number of benzene rings is 1. The number of rotatable bonds is 4. The van der Waals surface area contributed by atoms with E-state index in [1.54, 1.807) is 13.0 Å². The first-order valence-corrected chi connectivity index (χ1v) is 8.90. The Bertz CT molecular complexity index is 727. The van der Waals surface area contributed by atoms with Gasteiger partial charge in [0, 0.05) is 24.7 Å². The Morgan fingerprint density at radius 1 is 1.29 bits per heavy atom. The molecule has 0 radical (unpaired) electrons. The first-order chi connectivity index (χ1) is 10.1. The van der Waals surface area contributed by atoms with Crippen LogP contribution in [0.2, 0.25) is 0 Å². The van der Waals surface area contributed by atoms with Gasteiger partial charge >= 0.3 is 0 Å². The smallest absolute Gasteiger partial charge is 0.232 e. The van der Waals surface area contributed by atoms with Gasteiger partial charge in [0.05, 0.1) is 17.1 Å². The number of aromatic nitrogens is 2. The highest BCUT2D eigenvalue weighted by Crippen LogP contribution is 2.29. The van der Waals surface area contributed by atoms with Crippen LogP contribution >= 0.6 is 0 Å². The summed E-state index contributed by atoms with van der Waals surface area (Å²) in [6, 6.07) is 7.41. The van der Waals surface area contributed by atoms with Gasteiger partial charge in [0.25, 0.3) is 0 Å². The first kappa shape index (κ1) is 14.1. The van der Waals surface area contributed by atoms with Crippen molar-refractivity contribution >= 4 is 15.7 Å². The molecule has 2 aromatic rings. The molecular formula is C15H19N3O2S. The van der Waals surface area contributed by atoms with Crippen LogP contribution in [0.1, 0.15) is 25.6 Å². The molecular weight excluding hydrogens is 286 g/mol. The van der Waals surface area contributed by atoms with Crippen LogP contribution < -0.4 is 4.72 Å². The second-order valence-corrected chi connectivity index (χ2v) is 7.25. The zero-order valence-corrected chi connectivity index (χ0v) is 12.9. The predicted molar refractivity (Wildman–Crippen MR) is 83.7 cm³/mol. The van der Waals surface area contributed by atoms with Gasteiger partial charge in [-0.3, -0.25) is 4.72 Å². The zero-order valence-electron chi connectivity index (χ0n) is 12.0. The van der Waals surface area contributed by atoms with Crippen LogP contribution in [0.5, 0.6) is 0 Å². The number of aryl methyl sites for hydroxylation is 2. The number of nitrogens with zero attached hydrogens (tertiary/aromatic N) is 2. The summed E-state index contributed by atoms with van der Waals surface area (Å²) < 4.78 is 28.4. The molecule has 21 heavy (non-hydrogen) atoms. The predicted octanol–water partition coefficient (Wildman–Crippen LogP) is 2.65. The van der Waals surface area contributed by atoms with E-state index in [1.807, 2.05) is 24.4 Å². The lowest BCUT2D eigenvalue weighted by molar-refractivity contribution is 0.522. The Morgan fingerprint density at radius 3 is 2.86 bits per heavy atom. The van der Waals surface area contributed by atoms with E-state index < -0.39 is 10.0 Å². The van der Waals surface area contributed by atoms with E-state index in [1.165, 1.54) is 12.8 Å². The van der Waals surface area contributed by atoms with Gasteiger partial charge < -0.3 is 4.57 Å². The minimum Gasteiger partial charge on any atom is -0.334 e. The van der Waals surface area contributed by atoms with Gasteiger partial charge in [-0.25, -0.2) is 13.4 Å². The van der Waals surface area contributed by atoms with Crippen molar-refractivity contribution in [3.8, 4) is 11.3 Å². The molecule has 1 N–H and O–H groups in total. The summed E-state index contributed by atoms with van der Waals surface area (Å²) in [5, 5.41) is 0. The lowest BCUT2D eigenvalue weighted by Crippen LogP contribution is -2.15. The molecule has 1 aliphatic rings. The van der Waals surface area contributed by atoms with Gasteiger partial charge in [-0.05, 0) is 25.8 Å². The third-order valence-electron chi connectivity index (χ3n) is 3.76. The molecule has 0 atom stereocenters. The third kappa shape index (κ3) is 2.95. The van der Waals surface area contributed by atoms with Crippen molar-refractivity contribution in [1.82, 2.24) is 9.55 Å². The molecule has 6 heteroatoms. The minimum atomic E-state index is -3.29. The Labute approximate surface area is 125 Å². The van der Waals surface area contributed by atoms with Crippen molar-refractivity contribution in [2.24, 2.45) is 0 Å². The van der Waals surface area contributed by atoms with Crippen LogP contribution in [0.25, 0.3) is 11.3 Å². The lowest BCUT2D eigenvalue weighted by atomic mass is 10.1. The largest absolute Gasteiger partial charge is 0.334 e. The molecule has 1 aromatic carbocycles.